The Morgan fingerprint density at radius 1 is 0.424 bits per heavy atom. The maximum absolute atomic E-state index is 3.99. The van der Waals surface area contributed by atoms with Gasteiger partial charge in [-0.2, -0.15) is 0 Å². The van der Waals surface area contributed by atoms with Gasteiger partial charge in [-0.15, -0.1) is 0 Å². The fraction of sp³-hybridized carbons (Fsp3) is 0. The van der Waals surface area contributed by atoms with Crippen LogP contribution < -0.4 is 0 Å². The first-order valence-corrected chi connectivity index (χ1v) is 11.9. The quantitative estimate of drug-likeness (QED) is 0.217. The highest BCUT2D eigenvalue weighted by molar-refractivity contribution is 9.15. The Kier molecular flexibility index (Phi) is 6.32. The van der Waals surface area contributed by atoms with Crippen LogP contribution in [0, 0.1) is 0 Å². The van der Waals surface area contributed by atoms with Crippen molar-refractivity contribution in [2.24, 2.45) is 0 Å². The third-order valence-corrected chi connectivity index (χ3v) is 6.64. The second kappa shape index (κ2) is 9.85. The summed E-state index contributed by atoms with van der Waals surface area (Å²) >= 11 is 3.99. The average Bonchev–Trinajstić information content (AvgIpc) is 2.91. The molecule has 5 aromatic carbocycles. The SMILES string of the molecule is BrC(=C(c1ccccc1)c1cccc(-c2ccccc2)c1-c1ccccc1)c1ccccc1. The van der Waals surface area contributed by atoms with E-state index in [1.165, 1.54) is 39.0 Å². The van der Waals surface area contributed by atoms with Crippen molar-refractivity contribution in [1.82, 2.24) is 0 Å². The average molecular weight is 487 g/mol. The van der Waals surface area contributed by atoms with Crippen molar-refractivity contribution in [1.29, 1.82) is 0 Å². The van der Waals surface area contributed by atoms with Gasteiger partial charge >= 0.3 is 0 Å². The van der Waals surface area contributed by atoms with Gasteiger partial charge in [-0.25, -0.2) is 0 Å². The summed E-state index contributed by atoms with van der Waals surface area (Å²) in [6.45, 7) is 0. The Hall–Kier alpha value is -3.68. The van der Waals surface area contributed by atoms with Crippen LogP contribution in [0.5, 0.6) is 0 Å². The third kappa shape index (κ3) is 4.46. The lowest BCUT2D eigenvalue weighted by Crippen LogP contribution is -1.97. The standard InChI is InChI=1S/C32H23Br/c33-32(27-20-11-4-12-21-27)31(26-18-9-3-10-19-26)29-23-13-22-28(24-14-5-1-6-15-24)30(29)25-16-7-2-8-17-25/h1-23H. The molecule has 0 aliphatic carbocycles. The van der Waals surface area contributed by atoms with E-state index in [1.807, 2.05) is 0 Å². The Labute approximate surface area is 204 Å². The summed E-state index contributed by atoms with van der Waals surface area (Å²) in [4.78, 5) is 0. The molecule has 0 atom stereocenters. The van der Waals surface area contributed by atoms with Gasteiger partial charge in [0.15, 0.2) is 0 Å². The van der Waals surface area contributed by atoms with Gasteiger partial charge < -0.3 is 0 Å². The molecule has 5 aromatic rings. The Morgan fingerprint density at radius 3 is 1.48 bits per heavy atom. The van der Waals surface area contributed by atoms with E-state index in [-0.39, 0.29) is 0 Å². The summed E-state index contributed by atoms with van der Waals surface area (Å²) in [5.41, 5.74) is 9.58. The minimum absolute atomic E-state index is 1.08. The largest absolute Gasteiger partial charge is 0.0622 e. The molecule has 5 rings (SSSR count). The summed E-state index contributed by atoms with van der Waals surface area (Å²) in [7, 11) is 0. The summed E-state index contributed by atoms with van der Waals surface area (Å²) in [6.07, 6.45) is 0. The first kappa shape index (κ1) is 21.2. The molecule has 158 valence electrons. The van der Waals surface area contributed by atoms with Crippen molar-refractivity contribution in [3.05, 3.63) is 156 Å². The van der Waals surface area contributed by atoms with Crippen LogP contribution in [0.4, 0.5) is 0 Å². The van der Waals surface area contributed by atoms with Gasteiger partial charge in [0, 0.05) is 10.1 Å². The number of benzene rings is 5. The summed E-state index contributed by atoms with van der Waals surface area (Å²) in [6, 6.07) is 49.1. The molecule has 0 saturated carbocycles. The van der Waals surface area contributed by atoms with Crippen LogP contribution in [0.1, 0.15) is 16.7 Å². The smallest absolute Gasteiger partial charge is 0.0332 e. The highest BCUT2D eigenvalue weighted by Gasteiger charge is 2.19. The van der Waals surface area contributed by atoms with Crippen LogP contribution in [-0.2, 0) is 0 Å². The maximum Gasteiger partial charge on any atom is 0.0332 e. The molecular formula is C32H23Br. The lowest BCUT2D eigenvalue weighted by molar-refractivity contribution is 1.52. The van der Waals surface area contributed by atoms with Crippen molar-refractivity contribution in [3.8, 4) is 22.3 Å². The zero-order valence-corrected chi connectivity index (χ0v) is 19.7. The zero-order chi connectivity index (χ0) is 22.5. The molecule has 0 amide bonds. The summed E-state index contributed by atoms with van der Waals surface area (Å²) in [5, 5.41) is 0. The van der Waals surface area contributed by atoms with Crippen molar-refractivity contribution >= 4 is 26.0 Å². The summed E-state index contributed by atoms with van der Waals surface area (Å²) < 4.78 is 1.08. The van der Waals surface area contributed by atoms with Gasteiger partial charge in [0.05, 0.1) is 0 Å². The van der Waals surface area contributed by atoms with E-state index in [0.717, 1.165) is 10.0 Å². The van der Waals surface area contributed by atoms with Gasteiger partial charge in [-0.3, -0.25) is 0 Å². The normalized spacial score (nSPS) is 11.7. The van der Waals surface area contributed by atoms with Gasteiger partial charge in [0.1, 0.15) is 0 Å². The lowest BCUT2D eigenvalue weighted by Gasteiger charge is -2.20. The number of halogens is 1. The van der Waals surface area contributed by atoms with Gasteiger partial charge in [-0.1, -0.05) is 140 Å². The molecule has 0 saturated heterocycles. The molecule has 0 bridgehead atoms. The maximum atomic E-state index is 3.99. The zero-order valence-electron chi connectivity index (χ0n) is 18.2. The molecular weight excluding hydrogens is 464 g/mol. The number of hydrogen-bond donors (Lipinski definition) is 0. The molecule has 0 aromatic heterocycles. The van der Waals surface area contributed by atoms with Gasteiger partial charge in [0.25, 0.3) is 0 Å². The fourth-order valence-corrected chi connectivity index (χ4v) is 4.98. The predicted molar refractivity (Wildman–Crippen MR) is 145 cm³/mol. The second-order valence-corrected chi connectivity index (χ2v) is 8.67. The minimum Gasteiger partial charge on any atom is -0.0622 e. The highest BCUT2D eigenvalue weighted by Crippen LogP contribution is 2.43. The van der Waals surface area contributed by atoms with Gasteiger partial charge in [-0.05, 0) is 54.9 Å². The Bertz CT molecular complexity index is 1370. The van der Waals surface area contributed by atoms with E-state index < -0.39 is 0 Å². The van der Waals surface area contributed by atoms with Gasteiger partial charge in [0.2, 0.25) is 0 Å². The van der Waals surface area contributed by atoms with Crippen LogP contribution >= 0.6 is 15.9 Å². The molecule has 33 heavy (non-hydrogen) atoms. The van der Waals surface area contributed by atoms with Crippen LogP contribution in [0.25, 0.3) is 32.3 Å². The molecule has 0 nitrogen and oxygen atoms in total. The van der Waals surface area contributed by atoms with Crippen molar-refractivity contribution < 1.29 is 0 Å². The first-order chi connectivity index (χ1) is 16.3. The van der Waals surface area contributed by atoms with E-state index in [9.17, 15) is 0 Å². The van der Waals surface area contributed by atoms with E-state index in [2.05, 4.69) is 155 Å². The Morgan fingerprint density at radius 2 is 0.909 bits per heavy atom. The van der Waals surface area contributed by atoms with Crippen molar-refractivity contribution in [2.45, 2.75) is 0 Å². The predicted octanol–water partition coefficient (Wildman–Crippen LogP) is 9.33. The number of rotatable bonds is 5. The molecule has 0 N–H and O–H groups in total. The highest BCUT2D eigenvalue weighted by atomic mass is 79.9. The topological polar surface area (TPSA) is 0 Å². The van der Waals surface area contributed by atoms with Crippen LogP contribution in [0.15, 0.2) is 140 Å². The molecule has 0 unspecified atom stereocenters. The van der Waals surface area contributed by atoms with Crippen molar-refractivity contribution in [2.75, 3.05) is 0 Å². The second-order valence-electron chi connectivity index (χ2n) is 7.88. The van der Waals surface area contributed by atoms with E-state index in [0.29, 0.717) is 0 Å². The molecule has 0 spiro atoms. The fourth-order valence-electron chi connectivity index (χ4n) is 4.27. The third-order valence-electron chi connectivity index (χ3n) is 5.79. The van der Waals surface area contributed by atoms with E-state index in [4.69, 9.17) is 0 Å². The van der Waals surface area contributed by atoms with Crippen molar-refractivity contribution in [3.63, 3.8) is 0 Å². The lowest BCUT2D eigenvalue weighted by atomic mass is 9.85. The molecule has 0 radical (unpaired) electrons. The molecule has 0 heterocycles. The number of hydrogen-bond acceptors (Lipinski definition) is 0. The van der Waals surface area contributed by atoms with Crippen LogP contribution in [0.3, 0.4) is 0 Å². The molecule has 0 aliphatic heterocycles. The van der Waals surface area contributed by atoms with E-state index in [1.54, 1.807) is 0 Å². The molecule has 0 fully saturated rings. The minimum atomic E-state index is 1.08. The molecule has 1 heteroatoms. The monoisotopic (exact) mass is 486 g/mol. The first-order valence-electron chi connectivity index (χ1n) is 11.1. The Balaban J connectivity index is 1.87. The summed E-state index contributed by atoms with van der Waals surface area (Å²) in [5.74, 6) is 0. The van der Waals surface area contributed by atoms with Crippen LogP contribution in [-0.4, -0.2) is 0 Å². The van der Waals surface area contributed by atoms with E-state index >= 15 is 0 Å². The van der Waals surface area contributed by atoms with Crippen LogP contribution in [0.2, 0.25) is 0 Å². The molecule has 0 aliphatic rings.